The van der Waals surface area contributed by atoms with Crippen molar-refractivity contribution in [3.05, 3.63) is 54.1 Å². The summed E-state index contributed by atoms with van der Waals surface area (Å²) < 4.78 is 10.2. The monoisotopic (exact) mass is 439 g/mol. The van der Waals surface area contributed by atoms with Crippen molar-refractivity contribution < 1.29 is 23.9 Å². The van der Waals surface area contributed by atoms with Crippen LogP contribution in [-0.4, -0.2) is 56.0 Å². The van der Waals surface area contributed by atoms with Crippen molar-refractivity contribution in [3.63, 3.8) is 0 Å². The maximum absolute atomic E-state index is 12.8. The van der Waals surface area contributed by atoms with Crippen LogP contribution in [0.25, 0.3) is 0 Å². The summed E-state index contributed by atoms with van der Waals surface area (Å²) in [5.74, 6) is -0.290. The molecule has 8 heteroatoms. The lowest BCUT2D eigenvalue weighted by Crippen LogP contribution is -2.43. The Kier molecular flexibility index (Phi) is 8.21. The van der Waals surface area contributed by atoms with Crippen molar-refractivity contribution in [3.8, 4) is 5.75 Å². The number of piperidine rings is 1. The molecule has 0 saturated carbocycles. The first-order chi connectivity index (χ1) is 15.5. The van der Waals surface area contributed by atoms with Gasteiger partial charge in [0.05, 0.1) is 37.4 Å². The zero-order chi connectivity index (χ0) is 22.9. The van der Waals surface area contributed by atoms with E-state index in [1.807, 2.05) is 4.90 Å². The van der Waals surface area contributed by atoms with Gasteiger partial charge < -0.3 is 20.1 Å². The summed E-state index contributed by atoms with van der Waals surface area (Å²) in [5.41, 5.74) is 1.41. The summed E-state index contributed by atoms with van der Waals surface area (Å²) in [4.78, 5) is 39.4. The third-order valence-electron chi connectivity index (χ3n) is 5.29. The number of anilines is 2. The number of methoxy groups -OCH3 is 1. The predicted molar refractivity (Wildman–Crippen MR) is 122 cm³/mol. The summed E-state index contributed by atoms with van der Waals surface area (Å²) >= 11 is 0. The second kappa shape index (κ2) is 11.3. The molecule has 0 bridgehead atoms. The van der Waals surface area contributed by atoms with E-state index in [0.29, 0.717) is 35.8 Å². The van der Waals surface area contributed by atoms with E-state index in [1.165, 1.54) is 0 Å². The van der Waals surface area contributed by atoms with Gasteiger partial charge in [0.15, 0.2) is 0 Å². The largest absolute Gasteiger partial charge is 0.497 e. The molecule has 1 saturated heterocycles. The van der Waals surface area contributed by atoms with Crippen LogP contribution in [0.5, 0.6) is 5.75 Å². The number of hydrogen-bond donors (Lipinski definition) is 2. The van der Waals surface area contributed by atoms with E-state index in [9.17, 15) is 14.4 Å². The lowest BCUT2D eigenvalue weighted by atomic mass is 9.98. The molecule has 170 valence electrons. The Morgan fingerprint density at radius 3 is 2.53 bits per heavy atom. The highest BCUT2D eigenvalue weighted by Crippen LogP contribution is 2.21. The van der Waals surface area contributed by atoms with Crippen LogP contribution >= 0.6 is 0 Å². The first kappa shape index (κ1) is 23.3. The van der Waals surface area contributed by atoms with Gasteiger partial charge in [0.1, 0.15) is 5.75 Å². The second-order valence-corrected chi connectivity index (χ2v) is 7.60. The predicted octanol–water partition coefficient (Wildman–Crippen LogP) is 3.16. The van der Waals surface area contributed by atoms with Crippen LogP contribution in [0.3, 0.4) is 0 Å². The minimum absolute atomic E-state index is 0.143. The number of nitrogens with one attached hydrogen (secondary N) is 2. The van der Waals surface area contributed by atoms with Crippen molar-refractivity contribution in [1.29, 1.82) is 0 Å². The fourth-order valence-corrected chi connectivity index (χ4v) is 3.71. The average molecular weight is 440 g/mol. The van der Waals surface area contributed by atoms with Gasteiger partial charge in [-0.15, -0.1) is 0 Å². The number of hydrogen-bond acceptors (Lipinski definition) is 6. The Labute approximate surface area is 187 Å². The standard InChI is InChI=1S/C24H29N3O5/c1-3-32-24(30)17-7-6-14-27(15-17)16-22(28)26-21-9-5-4-8-20(21)23(29)25-18-10-12-19(31-2)13-11-18/h4-5,8-13,17H,3,6-7,14-16H2,1-2H3,(H,25,29)(H,26,28). The number of benzene rings is 2. The van der Waals surface area contributed by atoms with Crippen LogP contribution in [0.2, 0.25) is 0 Å². The van der Waals surface area contributed by atoms with Crippen molar-refractivity contribution in [2.75, 3.05) is 44.0 Å². The number of ether oxygens (including phenoxy) is 2. The van der Waals surface area contributed by atoms with Crippen molar-refractivity contribution in [2.24, 2.45) is 5.92 Å². The molecular weight excluding hydrogens is 410 g/mol. The second-order valence-electron chi connectivity index (χ2n) is 7.60. The van der Waals surface area contributed by atoms with E-state index in [-0.39, 0.29) is 30.2 Å². The van der Waals surface area contributed by atoms with Crippen molar-refractivity contribution >= 4 is 29.2 Å². The number of carbonyl (C=O) groups excluding carboxylic acids is 3. The molecule has 1 atom stereocenters. The molecule has 0 aliphatic carbocycles. The molecule has 2 aromatic rings. The Morgan fingerprint density at radius 1 is 1.06 bits per heavy atom. The van der Waals surface area contributed by atoms with Gasteiger partial charge in [-0.1, -0.05) is 12.1 Å². The highest BCUT2D eigenvalue weighted by Gasteiger charge is 2.28. The third kappa shape index (κ3) is 6.31. The highest BCUT2D eigenvalue weighted by atomic mass is 16.5. The SMILES string of the molecule is CCOC(=O)C1CCCN(CC(=O)Nc2ccccc2C(=O)Nc2ccc(OC)cc2)C1. The van der Waals surface area contributed by atoms with Crippen molar-refractivity contribution in [2.45, 2.75) is 19.8 Å². The summed E-state index contributed by atoms with van der Waals surface area (Å²) in [7, 11) is 1.58. The minimum Gasteiger partial charge on any atom is -0.497 e. The number of nitrogens with zero attached hydrogens (tertiary/aromatic N) is 1. The fourth-order valence-electron chi connectivity index (χ4n) is 3.71. The van der Waals surface area contributed by atoms with E-state index in [0.717, 1.165) is 19.4 Å². The number of likely N-dealkylation sites (tertiary alicyclic amines) is 1. The molecule has 8 nitrogen and oxygen atoms in total. The van der Waals surface area contributed by atoms with Crippen LogP contribution in [0.15, 0.2) is 48.5 Å². The summed E-state index contributed by atoms with van der Waals surface area (Å²) in [6.07, 6.45) is 1.60. The number of rotatable bonds is 8. The molecule has 1 fully saturated rings. The maximum atomic E-state index is 12.8. The van der Waals surface area contributed by atoms with E-state index in [2.05, 4.69) is 10.6 Å². The van der Waals surface area contributed by atoms with Gasteiger partial charge in [-0.3, -0.25) is 19.3 Å². The minimum atomic E-state index is -0.327. The van der Waals surface area contributed by atoms with Crippen LogP contribution in [0, 0.1) is 5.92 Å². The summed E-state index contributed by atoms with van der Waals surface area (Å²) in [5, 5.41) is 5.66. The molecule has 0 spiro atoms. The normalized spacial score (nSPS) is 16.1. The van der Waals surface area contributed by atoms with Gasteiger partial charge >= 0.3 is 5.97 Å². The Morgan fingerprint density at radius 2 is 1.81 bits per heavy atom. The topological polar surface area (TPSA) is 97.0 Å². The lowest BCUT2D eigenvalue weighted by molar-refractivity contribution is -0.150. The van der Waals surface area contributed by atoms with E-state index in [4.69, 9.17) is 9.47 Å². The molecule has 1 aliphatic heterocycles. The molecule has 32 heavy (non-hydrogen) atoms. The van der Waals surface area contributed by atoms with Gasteiger partial charge in [-0.25, -0.2) is 0 Å². The Balaban J connectivity index is 1.60. The summed E-state index contributed by atoms with van der Waals surface area (Å²) in [6, 6.07) is 13.9. The molecule has 2 aromatic carbocycles. The molecule has 0 radical (unpaired) electrons. The Bertz CT molecular complexity index is 945. The van der Waals surface area contributed by atoms with Gasteiger partial charge in [0.25, 0.3) is 5.91 Å². The van der Waals surface area contributed by atoms with E-state index < -0.39 is 0 Å². The molecule has 1 aliphatic rings. The quantitative estimate of drug-likeness (QED) is 0.614. The van der Waals surface area contributed by atoms with Crippen LogP contribution < -0.4 is 15.4 Å². The number of amides is 2. The zero-order valence-electron chi connectivity index (χ0n) is 18.4. The average Bonchev–Trinajstić information content (AvgIpc) is 2.80. The first-order valence-corrected chi connectivity index (χ1v) is 10.7. The first-order valence-electron chi connectivity index (χ1n) is 10.7. The third-order valence-corrected chi connectivity index (χ3v) is 5.29. The van der Waals surface area contributed by atoms with Gasteiger partial charge in [0.2, 0.25) is 5.91 Å². The molecule has 1 heterocycles. The smallest absolute Gasteiger partial charge is 0.310 e. The van der Waals surface area contributed by atoms with Crippen LogP contribution in [0.4, 0.5) is 11.4 Å². The van der Waals surface area contributed by atoms with Gasteiger partial charge in [-0.05, 0) is 62.7 Å². The summed E-state index contributed by atoms with van der Waals surface area (Å²) in [6.45, 7) is 3.51. The molecule has 2 N–H and O–H groups in total. The fraction of sp³-hybridized carbons (Fsp3) is 0.375. The number of para-hydroxylation sites is 1. The number of esters is 1. The molecule has 2 amide bonds. The van der Waals surface area contributed by atoms with Crippen LogP contribution in [-0.2, 0) is 14.3 Å². The lowest BCUT2D eigenvalue weighted by Gasteiger charge is -2.30. The maximum Gasteiger partial charge on any atom is 0.310 e. The van der Waals surface area contributed by atoms with E-state index >= 15 is 0 Å². The van der Waals surface area contributed by atoms with Gasteiger partial charge in [0, 0.05) is 12.2 Å². The highest BCUT2D eigenvalue weighted by molar-refractivity contribution is 6.10. The molecule has 0 aromatic heterocycles. The number of carbonyl (C=O) groups is 3. The molecule has 3 rings (SSSR count). The Hall–Kier alpha value is -3.39. The van der Waals surface area contributed by atoms with Crippen molar-refractivity contribution in [1.82, 2.24) is 4.90 Å². The molecule has 1 unspecified atom stereocenters. The van der Waals surface area contributed by atoms with Gasteiger partial charge in [-0.2, -0.15) is 0 Å². The van der Waals surface area contributed by atoms with E-state index in [1.54, 1.807) is 62.6 Å². The zero-order valence-corrected chi connectivity index (χ0v) is 18.4. The molecular formula is C24H29N3O5. The van der Waals surface area contributed by atoms with Crippen LogP contribution in [0.1, 0.15) is 30.1 Å².